The lowest BCUT2D eigenvalue weighted by Gasteiger charge is -2.16. The van der Waals surface area contributed by atoms with E-state index in [2.05, 4.69) is 33.8 Å². The van der Waals surface area contributed by atoms with Crippen molar-refractivity contribution in [2.75, 3.05) is 7.11 Å². The minimum atomic E-state index is -0.0735. The zero-order chi connectivity index (χ0) is 14.9. The molecule has 0 aliphatic carbocycles. The van der Waals surface area contributed by atoms with Crippen molar-refractivity contribution in [1.82, 2.24) is 9.78 Å². The van der Waals surface area contributed by atoms with E-state index < -0.39 is 0 Å². The van der Waals surface area contributed by atoms with Crippen molar-refractivity contribution in [3.05, 3.63) is 41.1 Å². The Labute approximate surface area is 120 Å². The maximum atomic E-state index is 5.92. The number of nitrogens with zero attached hydrogens (tertiary/aromatic N) is 2. The Bertz CT molecular complexity index is 609. The molecule has 0 spiro atoms. The Morgan fingerprint density at radius 2 is 1.90 bits per heavy atom. The Hall–Kier alpha value is -1.81. The third kappa shape index (κ3) is 2.43. The molecule has 0 saturated carbocycles. The molecule has 0 atom stereocenters. The van der Waals surface area contributed by atoms with E-state index in [9.17, 15) is 0 Å². The van der Waals surface area contributed by atoms with Gasteiger partial charge in [-0.25, -0.2) is 4.68 Å². The van der Waals surface area contributed by atoms with Crippen LogP contribution in [0.4, 0.5) is 0 Å². The standard InChI is InChI=1S/C16H23N3O/c1-11-8-6-7-9-13(11)19-15(20-5)12(10-17)14(18-19)16(2,3)4/h6-9H,10,17H2,1-5H3. The predicted octanol–water partition coefficient (Wildman–Crippen LogP) is 2.95. The largest absolute Gasteiger partial charge is 0.481 e. The van der Waals surface area contributed by atoms with Gasteiger partial charge in [-0.2, -0.15) is 5.10 Å². The van der Waals surface area contributed by atoms with Gasteiger partial charge in [0.15, 0.2) is 0 Å². The summed E-state index contributed by atoms with van der Waals surface area (Å²) < 4.78 is 7.43. The van der Waals surface area contributed by atoms with Crippen molar-refractivity contribution in [3.8, 4) is 11.6 Å². The minimum Gasteiger partial charge on any atom is -0.481 e. The number of hydrogen-bond donors (Lipinski definition) is 1. The zero-order valence-corrected chi connectivity index (χ0v) is 12.9. The molecule has 2 N–H and O–H groups in total. The third-order valence-electron chi connectivity index (χ3n) is 3.39. The molecule has 1 aromatic heterocycles. The SMILES string of the molecule is COc1c(CN)c(C(C)(C)C)nn1-c1ccccc1C. The molecule has 4 heteroatoms. The van der Waals surface area contributed by atoms with Gasteiger partial charge >= 0.3 is 0 Å². The van der Waals surface area contributed by atoms with Crippen molar-refractivity contribution in [2.24, 2.45) is 5.73 Å². The first-order valence-corrected chi connectivity index (χ1v) is 6.82. The fourth-order valence-electron chi connectivity index (χ4n) is 2.40. The first-order valence-electron chi connectivity index (χ1n) is 6.82. The summed E-state index contributed by atoms with van der Waals surface area (Å²) in [6.07, 6.45) is 0. The number of nitrogens with two attached hydrogens (primary N) is 1. The molecule has 2 aromatic rings. The lowest BCUT2D eigenvalue weighted by Crippen LogP contribution is -2.16. The number of methoxy groups -OCH3 is 1. The summed E-state index contributed by atoms with van der Waals surface area (Å²) in [6, 6.07) is 8.12. The smallest absolute Gasteiger partial charge is 0.221 e. The first-order chi connectivity index (χ1) is 9.40. The summed E-state index contributed by atoms with van der Waals surface area (Å²) in [7, 11) is 1.66. The van der Waals surface area contributed by atoms with Gasteiger partial charge in [0.1, 0.15) is 0 Å². The van der Waals surface area contributed by atoms with Gasteiger partial charge in [-0.3, -0.25) is 0 Å². The monoisotopic (exact) mass is 273 g/mol. The average Bonchev–Trinajstić information content (AvgIpc) is 2.77. The molecule has 0 fully saturated rings. The summed E-state index contributed by atoms with van der Waals surface area (Å²) in [5.41, 5.74) is 9.98. The molecular weight excluding hydrogens is 250 g/mol. The van der Waals surface area contributed by atoms with E-state index in [1.54, 1.807) is 7.11 Å². The van der Waals surface area contributed by atoms with Gasteiger partial charge in [-0.15, -0.1) is 0 Å². The maximum Gasteiger partial charge on any atom is 0.221 e. The van der Waals surface area contributed by atoms with Crippen LogP contribution in [0.5, 0.6) is 5.88 Å². The van der Waals surface area contributed by atoms with Crippen LogP contribution in [0.3, 0.4) is 0 Å². The van der Waals surface area contributed by atoms with E-state index in [1.165, 1.54) is 0 Å². The molecular formula is C16H23N3O. The number of benzene rings is 1. The van der Waals surface area contributed by atoms with Crippen LogP contribution in [0, 0.1) is 6.92 Å². The van der Waals surface area contributed by atoms with E-state index in [4.69, 9.17) is 15.6 Å². The summed E-state index contributed by atoms with van der Waals surface area (Å²) in [5.74, 6) is 0.728. The summed E-state index contributed by atoms with van der Waals surface area (Å²) >= 11 is 0. The summed E-state index contributed by atoms with van der Waals surface area (Å²) in [5, 5.41) is 4.77. The second-order valence-corrected chi connectivity index (χ2v) is 5.99. The van der Waals surface area contributed by atoms with Crippen LogP contribution in [-0.4, -0.2) is 16.9 Å². The summed E-state index contributed by atoms with van der Waals surface area (Å²) in [6.45, 7) is 8.89. The molecule has 108 valence electrons. The van der Waals surface area contributed by atoms with Crippen molar-refractivity contribution in [3.63, 3.8) is 0 Å². The fourth-order valence-corrected chi connectivity index (χ4v) is 2.40. The van der Waals surface area contributed by atoms with Crippen molar-refractivity contribution in [2.45, 2.75) is 39.7 Å². The molecule has 0 aliphatic heterocycles. The van der Waals surface area contributed by atoms with Gasteiger partial charge in [-0.05, 0) is 18.6 Å². The van der Waals surface area contributed by atoms with Crippen LogP contribution in [0.1, 0.15) is 37.6 Å². The molecule has 0 amide bonds. The highest BCUT2D eigenvalue weighted by Crippen LogP contribution is 2.33. The predicted molar refractivity (Wildman–Crippen MR) is 81.4 cm³/mol. The van der Waals surface area contributed by atoms with E-state index in [1.807, 2.05) is 22.9 Å². The molecule has 1 heterocycles. The van der Waals surface area contributed by atoms with Gasteiger partial charge in [0, 0.05) is 12.0 Å². The Kier molecular flexibility index (Phi) is 3.86. The topological polar surface area (TPSA) is 53.1 Å². The molecule has 2 rings (SSSR count). The third-order valence-corrected chi connectivity index (χ3v) is 3.39. The molecule has 0 unspecified atom stereocenters. The lowest BCUT2D eigenvalue weighted by molar-refractivity contribution is 0.379. The highest BCUT2D eigenvalue weighted by atomic mass is 16.5. The highest BCUT2D eigenvalue weighted by molar-refractivity contribution is 5.46. The second-order valence-electron chi connectivity index (χ2n) is 5.99. The molecule has 4 nitrogen and oxygen atoms in total. The molecule has 0 aliphatic rings. The van der Waals surface area contributed by atoms with Crippen LogP contribution in [-0.2, 0) is 12.0 Å². The van der Waals surface area contributed by atoms with Gasteiger partial charge in [0.2, 0.25) is 5.88 Å². The number of ether oxygens (including phenoxy) is 1. The van der Waals surface area contributed by atoms with Gasteiger partial charge in [0.05, 0.1) is 24.1 Å². The van der Waals surface area contributed by atoms with E-state index in [0.717, 1.165) is 28.4 Å². The summed E-state index contributed by atoms with van der Waals surface area (Å²) in [4.78, 5) is 0. The Morgan fingerprint density at radius 1 is 1.25 bits per heavy atom. The number of rotatable bonds is 3. The molecule has 0 bridgehead atoms. The first kappa shape index (κ1) is 14.6. The minimum absolute atomic E-state index is 0.0735. The lowest BCUT2D eigenvalue weighted by atomic mass is 9.89. The number of aromatic nitrogens is 2. The number of para-hydroxylation sites is 1. The van der Waals surface area contributed by atoms with E-state index in [-0.39, 0.29) is 5.41 Å². The van der Waals surface area contributed by atoms with Gasteiger partial charge in [0.25, 0.3) is 0 Å². The van der Waals surface area contributed by atoms with Crippen LogP contribution < -0.4 is 10.5 Å². The van der Waals surface area contributed by atoms with Crippen LogP contribution >= 0.6 is 0 Å². The van der Waals surface area contributed by atoms with E-state index >= 15 is 0 Å². The fraction of sp³-hybridized carbons (Fsp3) is 0.438. The normalized spacial score (nSPS) is 11.7. The highest BCUT2D eigenvalue weighted by Gasteiger charge is 2.27. The Morgan fingerprint density at radius 3 is 2.40 bits per heavy atom. The van der Waals surface area contributed by atoms with Crippen molar-refractivity contribution in [1.29, 1.82) is 0 Å². The second kappa shape index (κ2) is 5.29. The molecule has 0 radical (unpaired) electrons. The van der Waals surface area contributed by atoms with Crippen molar-refractivity contribution >= 4 is 0 Å². The quantitative estimate of drug-likeness (QED) is 0.935. The Balaban J connectivity index is 2.72. The molecule has 1 aromatic carbocycles. The molecule has 0 saturated heterocycles. The molecule has 20 heavy (non-hydrogen) atoms. The number of aryl methyl sites for hydroxylation is 1. The van der Waals surface area contributed by atoms with E-state index in [0.29, 0.717) is 6.54 Å². The van der Waals surface area contributed by atoms with Crippen molar-refractivity contribution < 1.29 is 4.74 Å². The average molecular weight is 273 g/mol. The van der Waals surface area contributed by atoms with Gasteiger partial charge in [-0.1, -0.05) is 39.0 Å². The van der Waals surface area contributed by atoms with Gasteiger partial charge < -0.3 is 10.5 Å². The van der Waals surface area contributed by atoms with Crippen LogP contribution in [0.25, 0.3) is 5.69 Å². The number of hydrogen-bond acceptors (Lipinski definition) is 3. The van der Waals surface area contributed by atoms with Crippen LogP contribution in [0.2, 0.25) is 0 Å². The zero-order valence-electron chi connectivity index (χ0n) is 12.9. The van der Waals surface area contributed by atoms with Crippen LogP contribution in [0.15, 0.2) is 24.3 Å². The maximum absolute atomic E-state index is 5.92.